The first-order valence-electron chi connectivity index (χ1n) is 4.20. The molecule has 3 N–H and O–H groups in total. The molecule has 0 radical (unpaired) electrons. The quantitative estimate of drug-likeness (QED) is 0.607. The van der Waals surface area contributed by atoms with Crippen molar-refractivity contribution in [1.82, 2.24) is 0 Å². The van der Waals surface area contributed by atoms with Crippen molar-refractivity contribution in [1.29, 1.82) is 0 Å². The molecule has 3 heteroatoms. The third-order valence-corrected chi connectivity index (χ3v) is 2.18. The van der Waals surface area contributed by atoms with Crippen LogP contribution in [0.4, 0.5) is 0 Å². The average Bonchev–Trinajstić information content (AvgIpc) is 2.34. The Balaban J connectivity index is 2.36. The molecule has 11 heavy (non-hydrogen) atoms. The van der Waals surface area contributed by atoms with E-state index in [1.807, 2.05) is 6.92 Å². The second kappa shape index (κ2) is 3.52. The van der Waals surface area contributed by atoms with Crippen molar-refractivity contribution in [3.8, 4) is 0 Å². The minimum Gasteiger partial charge on any atom is -0.389 e. The van der Waals surface area contributed by atoms with Gasteiger partial charge in [-0.2, -0.15) is 0 Å². The lowest BCUT2D eigenvalue weighted by molar-refractivity contribution is -0.0360. The second-order valence-electron chi connectivity index (χ2n) is 3.41. The number of rotatable bonds is 2. The largest absolute Gasteiger partial charge is 0.389 e. The molecular formula is C8H17NO2. The number of aliphatic hydroxyl groups is 1. The summed E-state index contributed by atoms with van der Waals surface area (Å²) in [6, 6.07) is -0.190. The Kier molecular flexibility index (Phi) is 2.87. The number of aliphatic hydroxyl groups excluding tert-OH is 1. The summed E-state index contributed by atoms with van der Waals surface area (Å²) in [5, 5.41) is 9.49. The highest BCUT2D eigenvalue weighted by Gasteiger charge is 2.29. The minimum atomic E-state index is -0.500. The van der Waals surface area contributed by atoms with Crippen LogP contribution in [-0.4, -0.2) is 29.5 Å². The van der Waals surface area contributed by atoms with Gasteiger partial charge in [0.15, 0.2) is 0 Å². The van der Waals surface area contributed by atoms with Crippen LogP contribution < -0.4 is 5.73 Å². The molecule has 1 fully saturated rings. The third kappa shape index (κ3) is 2.15. The van der Waals surface area contributed by atoms with Gasteiger partial charge in [0, 0.05) is 6.04 Å². The van der Waals surface area contributed by atoms with E-state index in [-0.39, 0.29) is 18.2 Å². The zero-order chi connectivity index (χ0) is 8.43. The predicted octanol–water partition coefficient (Wildman–Crippen LogP) is 0.262. The van der Waals surface area contributed by atoms with Crippen molar-refractivity contribution < 1.29 is 9.84 Å². The topological polar surface area (TPSA) is 55.5 Å². The van der Waals surface area contributed by atoms with Gasteiger partial charge in [-0.3, -0.25) is 0 Å². The smallest absolute Gasteiger partial charge is 0.0949 e. The summed E-state index contributed by atoms with van der Waals surface area (Å²) >= 11 is 0. The summed E-state index contributed by atoms with van der Waals surface area (Å²) in [7, 11) is 0. The summed E-state index contributed by atoms with van der Waals surface area (Å²) in [4.78, 5) is 0. The Morgan fingerprint density at radius 3 is 2.55 bits per heavy atom. The Labute approximate surface area is 67.5 Å². The Morgan fingerprint density at radius 1 is 1.55 bits per heavy atom. The van der Waals surface area contributed by atoms with E-state index < -0.39 is 6.10 Å². The molecule has 0 bridgehead atoms. The number of hydrogen-bond acceptors (Lipinski definition) is 3. The van der Waals surface area contributed by atoms with Gasteiger partial charge in [-0.25, -0.2) is 0 Å². The van der Waals surface area contributed by atoms with Crippen molar-refractivity contribution in [2.24, 2.45) is 5.73 Å². The van der Waals surface area contributed by atoms with E-state index in [9.17, 15) is 5.11 Å². The SMILES string of the molecule is CC1CCC(C(O)C(C)N)O1. The van der Waals surface area contributed by atoms with Gasteiger partial charge in [-0.05, 0) is 26.7 Å². The summed E-state index contributed by atoms with van der Waals surface area (Å²) in [6.07, 6.45) is 1.72. The molecule has 1 rings (SSSR count). The molecule has 4 atom stereocenters. The fraction of sp³-hybridized carbons (Fsp3) is 1.00. The zero-order valence-corrected chi connectivity index (χ0v) is 7.16. The molecule has 66 valence electrons. The highest BCUT2D eigenvalue weighted by Crippen LogP contribution is 2.22. The molecule has 0 aromatic carbocycles. The zero-order valence-electron chi connectivity index (χ0n) is 7.16. The minimum absolute atomic E-state index is 0.0370. The maximum atomic E-state index is 9.49. The first-order valence-corrected chi connectivity index (χ1v) is 4.20. The Bertz CT molecular complexity index is 127. The Morgan fingerprint density at radius 2 is 2.18 bits per heavy atom. The van der Waals surface area contributed by atoms with Crippen molar-refractivity contribution in [3.63, 3.8) is 0 Å². The highest BCUT2D eigenvalue weighted by molar-refractivity contribution is 4.81. The summed E-state index contributed by atoms with van der Waals surface area (Å²) in [5.74, 6) is 0. The van der Waals surface area contributed by atoms with Gasteiger partial charge >= 0.3 is 0 Å². The van der Waals surface area contributed by atoms with Crippen LogP contribution in [-0.2, 0) is 4.74 Å². The van der Waals surface area contributed by atoms with Crippen molar-refractivity contribution >= 4 is 0 Å². The fourth-order valence-corrected chi connectivity index (χ4v) is 1.42. The van der Waals surface area contributed by atoms with Gasteiger partial charge in [0.1, 0.15) is 0 Å². The van der Waals surface area contributed by atoms with E-state index in [0.29, 0.717) is 0 Å². The molecule has 1 heterocycles. The lowest BCUT2D eigenvalue weighted by atomic mass is 10.1. The summed E-state index contributed by atoms with van der Waals surface area (Å²) in [5.41, 5.74) is 5.53. The molecule has 0 spiro atoms. The predicted molar refractivity (Wildman–Crippen MR) is 43.2 cm³/mol. The van der Waals surface area contributed by atoms with Crippen LogP contribution in [0.15, 0.2) is 0 Å². The van der Waals surface area contributed by atoms with E-state index >= 15 is 0 Å². The number of nitrogens with two attached hydrogens (primary N) is 1. The van der Waals surface area contributed by atoms with Gasteiger partial charge < -0.3 is 15.6 Å². The molecule has 0 amide bonds. The van der Waals surface area contributed by atoms with Crippen molar-refractivity contribution in [2.75, 3.05) is 0 Å². The van der Waals surface area contributed by atoms with E-state index in [4.69, 9.17) is 10.5 Å². The molecule has 0 aromatic rings. The standard InChI is InChI=1S/C8H17NO2/c1-5-3-4-7(11-5)8(10)6(2)9/h5-8,10H,3-4,9H2,1-2H3. The van der Waals surface area contributed by atoms with Gasteiger partial charge in [0.2, 0.25) is 0 Å². The molecule has 1 aliphatic heterocycles. The first kappa shape index (κ1) is 8.97. The molecule has 0 saturated carbocycles. The maximum Gasteiger partial charge on any atom is 0.0949 e. The average molecular weight is 159 g/mol. The fourth-order valence-electron chi connectivity index (χ4n) is 1.42. The van der Waals surface area contributed by atoms with Crippen LogP contribution in [0.5, 0.6) is 0 Å². The second-order valence-corrected chi connectivity index (χ2v) is 3.41. The van der Waals surface area contributed by atoms with Crippen LogP contribution in [0.1, 0.15) is 26.7 Å². The van der Waals surface area contributed by atoms with Crippen LogP contribution in [0.2, 0.25) is 0 Å². The van der Waals surface area contributed by atoms with Crippen molar-refractivity contribution in [3.05, 3.63) is 0 Å². The Hall–Kier alpha value is -0.120. The van der Waals surface area contributed by atoms with Crippen LogP contribution in [0.25, 0.3) is 0 Å². The summed E-state index contributed by atoms with van der Waals surface area (Å²) < 4.78 is 5.45. The first-order chi connectivity index (χ1) is 5.11. The van der Waals surface area contributed by atoms with Crippen LogP contribution in [0, 0.1) is 0 Å². The summed E-state index contributed by atoms with van der Waals surface area (Å²) in [6.45, 7) is 3.82. The number of hydrogen-bond donors (Lipinski definition) is 2. The molecule has 1 aliphatic rings. The van der Waals surface area contributed by atoms with Crippen molar-refractivity contribution in [2.45, 2.75) is 51.0 Å². The van der Waals surface area contributed by atoms with Crippen LogP contribution in [0.3, 0.4) is 0 Å². The molecule has 0 aromatic heterocycles. The number of ether oxygens (including phenoxy) is 1. The molecule has 3 nitrogen and oxygen atoms in total. The van der Waals surface area contributed by atoms with E-state index in [2.05, 4.69) is 0 Å². The lowest BCUT2D eigenvalue weighted by Crippen LogP contribution is -2.40. The maximum absolute atomic E-state index is 9.49. The van der Waals surface area contributed by atoms with Crippen LogP contribution >= 0.6 is 0 Å². The van der Waals surface area contributed by atoms with E-state index in [0.717, 1.165) is 12.8 Å². The normalized spacial score (nSPS) is 37.1. The molecule has 4 unspecified atom stereocenters. The van der Waals surface area contributed by atoms with Gasteiger partial charge in [0.25, 0.3) is 0 Å². The molecule has 1 saturated heterocycles. The third-order valence-electron chi connectivity index (χ3n) is 2.18. The highest BCUT2D eigenvalue weighted by atomic mass is 16.5. The molecule has 0 aliphatic carbocycles. The van der Waals surface area contributed by atoms with E-state index in [1.165, 1.54) is 0 Å². The van der Waals surface area contributed by atoms with Gasteiger partial charge in [-0.1, -0.05) is 0 Å². The lowest BCUT2D eigenvalue weighted by Gasteiger charge is -2.21. The van der Waals surface area contributed by atoms with E-state index in [1.54, 1.807) is 6.92 Å². The monoisotopic (exact) mass is 159 g/mol. The van der Waals surface area contributed by atoms with Gasteiger partial charge in [0.05, 0.1) is 18.3 Å². The molecular weight excluding hydrogens is 142 g/mol. The van der Waals surface area contributed by atoms with Gasteiger partial charge in [-0.15, -0.1) is 0 Å².